The van der Waals surface area contributed by atoms with Crippen LogP contribution in [0.5, 0.6) is 0 Å². The van der Waals surface area contributed by atoms with Gasteiger partial charge in [-0.25, -0.2) is 0 Å². The largest absolute Gasteiger partial charge is 2.00 e. The second kappa shape index (κ2) is 10.7. The maximum atomic E-state index is 10.5. The van der Waals surface area contributed by atoms with Gasteiger partial charge in [-0.1, -0.05) is 61.1 Å². The summed E-state index contributed by atoms with van der Waals surface area (Å²) in [6.07, 6.45) is 14.5. The molecule has 0 bridgehead atoms. The fourth-order valence-corrected chi connectivity index (χ4v) is 3.19. The number of benzene rings is 1. The second-order valence-corrected chi connectivity index (χ2v) is 5.89. The van der Waals surface area contributed by atoms with E-state index in [0.717, 1.165) is 31.2 Å². The van der Waals surface area contributed by atoms with Gasteiger partial charge in [-0.15, -0.1) is 0 Å². The standard InChI is InChI=1S/C19H22O.2ClH.Zr/c1-14(15-6-2-3-7-15)12-13-19(20)18-11-5-9-16-8-4-10-17(16)18;;;/h2-6,9-11,14,19-20H,7-8,12-13H2,1H3;2*1H;/q;;;+2/p-2. The van der Waals surface area contributed by atoms with E-state index in [0.29, 0.717) is 5.92 Å². The van der Waals surface area contributed by atoms with Crippen LogP contribution >= 0.6 is 0 Å². The molecule has 0 fully saturated rings. The number of fused-ring (bicyclic) bond motifs is 1. The van der Waals surface area contributed by atoms with Gasteiger partial charge in [-0.2, -0.15) is 0 Å². The van der Waals surface area contributed by atoms with Crippen molar-refractivity contribution < 1.29 is 56.1 Å². The predicted octanol–water partition coefficient (Wildman–Crippen LogP) is -1.40. The van der Waals surface area contributed by atoms with Gasteiger partial charge in [-0.3, -0.25) is 0 Å². The third-order valence-electron chi connectivity index (χ3n) is 4.52. The molecule has 1 aromatic rings. The summed E-state index contributed by atoms with van der Waals surface area (Å²) in [6.45, 7) is 2.26. The molecular formula is C19H22Cl2OZr. The van der Waals surface area contributed by atoms with E-state index in [1.165, 1.54) is 16.7 Å². The van der Waals surface area contributed by atoms with E-state index < -0.39 is 0 Å². The molecule has 0 heterocycles. The summed E-state index contributed by atoms with van der Waals surface area (Å²) in [4.78, 5) is 0. The minimum Gasteiger partial charge on any atom is -1.00 e. The molecule has 0 amide bonds. The van der Waals surface area contributed by atoms with Crippen LogP contribution in [-0.2, 0) is 32.6 Å². The molecule has 2 aliphatic carbocycles. The van der Waals surface area contributed by atoms with Crippen molar-refractivity contribution in [1.82, 2.24) is 0 Å². The summed E-state index contributed by atoms with van der Waals surface area (Å²) in [5.41, 5.74) is 5.18. The fourth-order valence-electron chi connectivity index (χ4n) is 3.19. The zero-order valence-electron chi connectivity index (χ0n) is 13.3. The summed E-state index contributed by atoms with van der Waals surface area (Å²) in [5.74, 6) is 0.562. The van der Waals surface area contributed by atoms with Crippen LogP contribution < -0.4 is 24.8 Å². The summed E-state index contributed by atoms with van der Waals surface area (Å²) in [6, 6.07) is 6.29. The molecule has 0 saturated carbocycles. The second-order valence-electron chi connectivity index (χ2n) is 5.89. The van der Waals surface area contributed by atoms with Gasteiger partial charge in [0, 0.05) is 0 Å². The van der Waals surface area contributed by atoms with E-state index in [4.69, 9.17) is 0 Å². The Bertz CT molecular complexity index is 593. The zero-order chi connectivity index (χ0) is 13.9. The first-order valence-corrected chi connectivity index (χ1v) is 7.57. The van der Waals surface area contributed by atoms with Crippen molar-refractivity contribution in [1.29, 1.82) is 0 Å². The van der Waals surface area contributed by atoms with Crippen molar-refractivity contribution in [3.05, 3.63) is 64.8 Å². The molecule has 1 aromatic carbocycles. The van der Waals surface area contributed by atoms with Crippen molar-refractivity contribution in [2.24, 2.45) is 5.92 Å². The van der Waals surface area contributed by atoms with E-state index in [1.54, 1.807) is 0 Å². The maximum absolute atomic E-state index is 10.5. The topological polar surface area (TPSA) is 20.2 Å². The molecule has 23 heavy (non-hydrogen) atoms. The monoisotopic (exact) mass is 426 g/mol. The molecule has 0 spiro atoms. The molecule has 2 aliphatic rings. The smallest absolute Gasteiger partial charge is 1.00 e. The molecule has 0 radical (unpaired) electrons. The van der Waals surface area contributed by atoms with E-state index in [2.05, 4.69) is 55.5 Å². The molecule has 3 rings (SSSR count). The number of rotatable bonds is 5. The summed E-state index contributed by atoms with van der Waals surface area (Å²) >= 11 is 0. The quantitative estimate of drug-likeness (QED) is 0.612. The van der Waals surface area contributed by atoms with Gasteiger partial charge in [0.25, 0.3) is 0 Å². The molecule has 1 nitrogen and oxygen atoms in total. The molecule has 0 aromatic heterocycles. The van der Waals surface area contributed by atoms with Crippen LogP contribution in [0, 0.1) is 5.92 Å². The van der Waals surface area contributed by atoms with Crippen LogP contribution in [-0.4, -0.2) is 5.11 Å². The zero-order valence-corrected chi connectivity index (χ0v) is 17.3. The van der Waals surface area contributed by atoms with E-state index in [-0.39, 0.29) is 57.1 Å². The SMILES string of the molecule is CC(CCC(O)c1cccc2c1C=CC2)C1=CC=CC1.[Cl-].[Cl-].[Zr+2]. The summed E-state index contributed by atoms with van der Waals surface area (Å²) in [5, 5.41) is 10.5. The van der Waals surface area contributed by atoms with E-state index in [9.17, 15) is 5.11 Å². The van der Waals surface area contributed by atoms with Crippen LogP contribution in [0.4, 0.5) is 0 Å². The van der Waals surface area contributed by atoms with Crippen LogP contribution in [0.3, 0.4) is 0 Å². The van der Waals surface area contributed by atoms with Gasteiger partial charge < -0.3 is 29.9 Å². The van der Waals surface area contributed by atoms with E-state index >= 15 is 0 Å². The first kappa shape index (κ1) is 22.9. The molecule has 2 unspecified atom stereocenters. The Balaban J connectivity index is 0.00000161. The maximum Gasteiger partial charge on any atom is 2.00 e. The molecule has 1 N–H and O–H groups in total. The molecule has 122 valence electrons. The average Bonchev–Trinajstić information content (AvgIpc) is 3.13. The number of hydrogen-bond donors (Lipinski definition) is 1. The Labute approximate surface area is 170 Å². The van der Waals surface area contributed by atoms with Gasteiger partial charge in [-0.05, 0) is 48.3 Å². The van der Waals surface area contributed by atoms with Crippen molar-refractivity contribution in [3.8, 4) is 0 Å². The molecule has 2 atom stereocenters. The average molecular weight is 429 g/mol. The first-order chi connectivity index (χ1) is 9.75. The van der Waals surface area contributed by atoms with Crippen molar-refractivity contribution in [2.75, 3.05) is 0 Å². The number of halogens is 2. The Morgan fingerprint density at radius 2 is 1.87 bits per heavy atom. The fraction of sp³-hybridized carbons (Fsp3) is 0.368. The minimum atomic E-state index is -0.342. The molecule has 4 heteroatoms. The van der Waals surface area contributed by atoms with Gasteiger partial charge in [0.2, 0.25) is 0 Å². The number of aliphatic hydroxyl groups is 1. The third-order valence-corrected chi connectivity index (χ3v) is 4.52. The van der Waals surface area contributed by atoms with Crippen molar-refractivity contribution in [2.45, 2.75) is 38.7 Å². The van der Waals surface area contributed by atoms with Gasteiger partial charge >= 0.3 is 26.2 Å². The Morgan fingerprint density at radius 3 is 2.57 bits per heavy atom. The molecular weight excluding hydrogens is 406 g/mol. The van der Waals surface area contributed by atoms with E-state index in [1.807, 2.05) is 0 Å². The summed E-state index contributed by atoms with van der Waals surface area (Å²) < 4.78 is 0. The van der Waals surface area contributed by atoms with Gasteiger partial charge in [0.15, 0.2) is 0 Å². The summed E-state index contributed by atoms with van der Waals surface area (Å²) in [7, 11) is 0. The molecule has 0 aliphatic heterocycles. The van der Waals surface area contributed by atoms with Crippen LogP contribution in [0.15, 0.2) is 48.1 Å². The predicted molar refractivity (Wildman–Crippen MR) is 84.4 cm³/mol. The Kier molecular flexibility index (Phi) is 10.6. The third kappa shape index (κ3) is 5.43. The van der Waals surface area contributed by atoms with Crippen molar-refractivity contribution >= 4 is 6.08 Å². The normalized spacial score (nSPS) is 16.5. The van der Waals surface area contributed by atoms with Crippen LogP contribution in [0.2, 0.25) is 0 Å². The van der Waals surface area contributed by atoms with Gasteiger partial charge in [0.1, 0.15) is 0 Å². The number of aliphatic hydroxyl groups excluding tert-OH is 1. The van der Waals surface area contributed by atoms with Gasteiger partial charge in [0.05, 0.1) is 6.10 Å². The number of allylic oxidation sites excluding steroid dienone is 5. The Morgan fingerprint density at radius 1 is 1.09 bits per heavy atom. The Hall–Kier alpha value is -0.137. The first-order valence-electron chi connectivity index (χ1n) is 7.57. The minimum absolute atomic E-state index is 0. The van der Waals surface area contributed by atoms with Crippen LogP contribution in [0.1, 0.15) is 49.0 Å². The van der Waals surface area contributed by atoms with Crippen molar-refractivity contribution in [3.63, 3.8) is 0 Å². The molecule has 0 saturated heterocycles. The van der Waals surface area contributed by atoms with Crippen LogP contribution in [0.25, 0.3) is 6.08 Å². The number of hydrogen-bond acceptors (Lipinski definition) is 1.